The second-order valence-electron chi connectivity index (χ2n) is 5.36. The molecular weight excluding hydrogens is 254 g/mol. The molecule has 1 aromatic heterocycles. The minimum Gasteiger partial charge on any atom is -0.313 e. The third-order valence-electron chi connectivity index (χ3n) is 3.84. The lowest BCUT2D eigenvalue weighted by Gasteiger charge is -2.33. The fourth-order valence-electron chi connectivity index (χ4n) is 2.46. The first-order valence-corrected chi connectivity index (χ1v) is 8.44. The summed E-state index contributed by atoms with van der Waals surface area (Å²) in [5.41, 5.74) is 1.37. The van der Waals surface area contributed by atoms with Gasteiger partial charge in [0.2, 0.25) is 0 Å². The molecule has 1 saturated heterocycles. The van der Waals surface area contributed by atoms with Gasteiger partial charge in [-0.3, -0.25) is 9.88 Å². The van der Waals surface area contributed by atoms with E-state index in [1.807, 2.05) is 24.2 Å². The number of piperidine rings is 1. The third kappa shape index (κ3) is 5.13. The Hall–Kier alpha value is -0.580. The SMILES string of the molecule is CS[C@H](C)CNC1CCN(Cc2ccncc2)CC1. The van der Waals surface area contributed by atoms with Crippen molar-refractivity contribution in [3.8, 4) is 0 Å². The number of pyridine rings is 1. The van der Waals surface area contributed by atoms with Crippen LogP contribution in [0.25, 0.3) is 0 Å². The fourth-order valence-corrected chi connectivity index (χ4v) is 2.72. The van der Waals surface area contributed by atoms with Gasteiger partial charge in [-0.15, -0.1) is 0 Å². The van der Waals surface area contributed by atoms with E-state index < -0.39 is 0 Å². The van der Waals surface area contributed by atoms with Crippen molar-refractivity contribution in [2.75, 3.05) is 25.9 Å². The summed E-state index contributed by atoms with van der Waals surface area (Å²) in [5.74, 6) is 0. The number of likely N-dealkylation sites (tertiary alicyclic amines) is 1. The molecule has 0 amide bonds. The molecule has 2 heterocycles. The van der Waals surface area contributed by atoms with Crippen molar-refractivity contribution in [1.82, 2.24) is 15.2 Å². The summed E-state index contributed by atoms with van der Waals surface area (Å²) < 4.78 is 0. The van der Waals surface area contributed by atoms with Crippen LogP contribution >= 0.6 is 11.8 Å². The molecular formula is C15H25N3S. The molecule has 1 aliphatic heterocycles. The van der Waals surface area contributed by atoms with Gasteiger partial charge in [0.05, 0.1) is 0 Å². The maximum Gasteiger partial charge on any atom is 0.0271 e. The number of hydrogen-bond donors (Lipinski definition) is 1. The zero-order valence-corrected chi connectivity index (χ0v) is 12.8. The van der Waals surface area contributed by atoms with Crippen LogP contribution in [0.4, 0.5) is 0 Å². The van der Waals surface area contributed by atoms with Gasteiger partial charge in [0.1, 0.15) is 0 Å². The summed E-state index contributed by atoms with van der Waals surface area (Å²) in [5, 5.41) is 4.42. The molecule has 0 aliphatic carbocycles. The number of nitrogens with zero attached hydrogens (tertiary/aromatic N) is 2. The predicted molar refractivity (Wildman–Crippen MR) is 83.5 cm³/mol. The van der Waals surface area contributed by atoms with E-state index in [1.165, 1.54) is 31.5 Å². The minimum absolute atomic E-state index is 0.711. The van der Waals surface area contributed by atoms with Gasteiger partial charge < -0.3 is 5.32 Å². The van der Waals surface area contributed by atoms with Crippen molar-refractivity contribution >= 4 is 11.8 Å². The fraction of sp³-hybridized carbons (Fsp3) is 0.667. The van der Waals surface area contributed by atoms with Crippen LogP contribution in [0.2, 0.25) is 0 Å². The molecule has 1 atom stereocenters. The Morgan fingerprint density at radius 2 is 2.05 bits per heavy atom. The largest absolute Gasteiger partial charge is 0.313 e. The Morgan fingerprint density at radius 1 is 1.37 bits per heavy atom. The molecule has 4 heteroatoms. The van der Waals surface area contributed by atoms with Crippen LogP contribution in [0.15, 0.2) is 24.5 Å². The van der Waals surface area contributed by atoms with Gasteiger partial charge in [-0.2, -0.15) is 11.8 Å². The molecule has 3 nitrogen and oxygen atoms in total. The van der Waals surface area contributed by atoms with E-state index >= 15 is 0 Å². The van der Waals surface area contributed by atoms with Crippen molar-refractivity contribution in [3.63, 3.8) is 0 Å². The number of hydrogen-bond acceptors (Lipinski definition) is 4. The first kappa shape index (κ1) is 14.8. The first-order valence-electron chi connectivity index (χ1n) is 7.15. The molecule has 1 fully saturated rings. The summed E-state index contributed by atoms with van der Waals surface area (Å²) in [6, 6.07) is 4.94. The van der Waals surface area contributed by atoms with Crippen molar-refractivity contribution in [2.45, 2.75) is 37.6 Å². The molecule has 0 bridgehead atoms. The van der Waals surface area contributed by atoms with Crippen LogP contribution in [0.3, 0.4) is 0 Å². The lowest BCUT2D eigenvalue weighted by atomic mass is 10.0. The molecule has 0 saturated carbocycles. The number of rotatable bonds is 6. The molecule has 0 unspecified atom stereocenters. The van der Waals surface area contributed by atoms with Gasteiger partial charge in [0, 0.05) is 36.8 Å². The molecule has 0 radical (unpaired) electrons. The third-order valence-corrected chi connectivity index (χ3v) is 4.81. The van der Waals surface area contributed by atoms with Crippen LogP contribution in [0, 0.1) is 0 Å². The molecule has 1 N–H and O–H groups in total. The standard InChI is InChI=1S/C15H25N3S/c1-13(19-2)11-17-15-5-9-18(10-6-15)12-14-3-7-16-8-4-14/h3-4,7-8,13,15,17H,5-6,9-12H2,1-2H3/t13-/m1/s1. The summed E-state index contributed by atoms with van der Waals surface area (Å²) >= 11 is 1.94. The topological polar surface area (TPSA) is 28.2 Å². The molecule has 0 aromatic carbocycles. The number of nitrogens with one attached hydrogen (secondary N) is 1. The molecule has 2 rings (SSSR count). The highest BCUT2D eigenvalue weighted by molar-refractivity contribution is 7.99. The quantitative estimate of drug-likeness (QED) is 0.865. The average Bonchev–Trinajstić information content (AvgIpc) is 2.47. The van der Waals surface area contributed by atoms with Crippen LogP contribution in [0.1, 0.15) is 25.3 Å². The van der Waals surface area contributed by atoms with E-state index in [-0.39, 0.29) is 0 Å². The number of aromatic nitrogens is 1. The predicted octanol–water partition coefficient (Wildman–Crippen LogP) is 2.39. The van der Waals surface area contributed by atoms with Gasteiger partial charge in [-0.05, 0) is 49.9 Å². The van der Waals surface area contributed by atoms with Crippen LogP contribution in [0.5, 0.6) is 0 Å². The lowest BCUT2D eigenvalue weighted by Crippen LogP contribution is -2.43. The molecule has 19 heavy (non-hydrogen) atoms. The van der Waals surface area contributed by atoms with Gasteiger partial charge in [0.15, 0.2) is 0 Å². The van der Waals surface area contributed by atoms with Gasteiger partial charge >= 0.3 is 0 Å². The molecule has 1 aromatic rings. The summed E-state index contributed by atoms with van der Waals surface area (Å²) in [6.45, 7) is 6.89. The normalized spacial score (nSPS) is 19.5. The van der Waals surface area contributed by atoms with E-state index in [0.29, 0.717) is 6.04 Å². The minimum atomic E-state index is 0.711. The Bertz CT molecular complexity index is 350. The highest BCUT2D eigenvalue weighted by Gasteiger charge is 2.19. The van der Waals surface area contributed by atoms with Crippen molar-refractivity contribution in [1.29, 1.82) is 0 Å². The van der Waals surface area contributed by atoms with E-state index in [1.54, 1.807) is 0 Å². The highest BCUT2D eigenvalue weighted by atomic mass is 32.2. The maximum absolute atomic E-state index is 4.07. The van der Waals surface area contributed by atoms with Gasteiger partial charge in [0.25, 0.3) is 0 Å². The van der Waals surface area contributed by atoms with Crippen molar-refractivity contribution < 1.29 is 0 Å². The summed E-state index contributed by atoms with van der Waals surface area (Å²) in [6.07, 6.45) is 8.49. The second kappa shape index (κ2) is 7.88. The average molecular weight is 279 g/mol. The van der Waals surface area contributed by atoms with E-state index in [0.717, 1.165) is 18.3 Å². The van der Waals surface area contributed by atoms with Gasteiger partial charge in [-0.1, -0.05) is 6.92 Å². The van der Waals surface area contributed by atoms with E-state index in [9.17, 15) is 0 Å². The Kier molecular flexibility index (Phi) is 6.14. The van der Waals surface area contributed by atoms with Crippen molar-refractivity contribution in [2.24, 2.45) is 0 Å². The number of thioether (sulfide) groups is 1. The van der Waals surface area contributed by atoms with E-state index in [2.05, 4.69) is 40.5 Å². The van der Waals surface area contributed by atoms with Crippen LogP contribution < -0.4 is 5.32 Å². The molecule has 1 aliphatic rings. The summed E-state index contributed by atoms with van der Waals surface area (Å²) in [7, 11) is 0. The highest BCUT2D eigenvalue weighted by Crippen LogP contribution is 2.14. The Labute approximate surface area is 121 Å². The lowest BCUT2D eigenvalue weighted by molar-refractivity contribution is 0.191. The summed E-state index contributed by atoms with van der Waals surface area (Å²) in [4.78, 5) is 6.62. The van der Waals surface area contributed by atoms with Gasteiger partial charge in [-0.25, -0.2) is 0 Å². The Balaban J connectivity index is 1.68. The van der Waals surface area contributed by atoms with E-state index in [4.69, 9.17) is 0 Å². The zero-order valence-electron chi connectivity index (χ0n) is 12.0. The van der Waals surface area contributed by atoms with Crippen LogP contribution in [-0.4, -0.2) is 47.1 Å². The first-order chi connectivity index (χ1) is 9.28. The second-order valence-corrected chi connectivity index (χ2v) is 6.64. The smallest absolute Gasteiger partial charge is 0.0271 e. The Morgan fingerprint density at radius 3 is 2.68 bits per heavy atom. The monoisotopic (exact) mass is 279 g/mol. The maximum atomic E-state index is 4.07. The van der Waals surface area contributed by atoms with Crippen molar-refractivity contribution in [3.05, 3.63) is 30.1 Å². The zero-order chi connectivity index (χ0) is 13.5. The molecule has 106 valence electrons. The molecule has 0 spiro atoms. The van der Waals surface area contributed by atoms with Crippen LogP contribution in [-0.2, 0) is 6.54 Å².